The fourth-order valence-electron chi connectivity index (χ4n) is 3.02. The first kappa shape index (κ1) is 12.0. The third-order valence-corrected chi connectivity index (χ3v) is 3.97. The van der Waals surface area contributed by atoms with E-state index >= 15 is 0 Å². The Kier molecular flexibility index (Phi) is 2.86. The molecule has 1 fully saturated rings. The smallest absolute Gasteiger partial charge is 0.0632 e. The van der Waals surface area contributed by atoms with E-state index in [1.54, 1.807) is 0 Å². The maximum absolute atomic E-state index is 10.1. The predicted octanol–water partition coefficient (Wildman–Crippen LogP) is 2.77. The monoisotopic (exact) mass is 245 g/mol. The number of hydrogen-bond donors (Lipinski definition) is 1. The van der Waals surface area contributed by atoms with Crippen molar-refractivity contribution in [2.24, 2.45) is 5.92 Å². The van der Waals surface area contributed by atoms with E-state index in [-0.39, 0.29) is 0 Å². The van der Waals surface area contributed by atoms with Crippen molar-refractivity contribution in [2.75, 3.05) is 18.0 Å². The van der Waals surface area contributed by atoms with E-state index in [0.717, 1.165) is 18.9 Å². The van der Waals surface area contributed by atoms with Crippen LogP contribution in [-0.2, 0) is 12.8 Å². The van der Waals surface area contributed by atoms with Gasteiger partial charge in [0.1, 0.15) is 0 Å². The Labute approximate surface area is 110 Å². The van der Waals surface area contributed by atoms with Gasteiger partial charge in [-0.15, -0.1) is 0 Å². The molecule has 1 N–H and O–H groups in total. The van der Waals surface area contributed by atoms with Crippen molar-refractivity contribution in [3.05, 3.63) is 29.3 Å². The molecule has 0 radical (unpaired) electrons. The molecule has 1 aromatic rings. The lowest BCUT2D eigenvalue weighted by atomic mass is 9.95. The molecule has 1 heterocycles. The first-order valence-corrected chi connectivity index (χ1v) is 7.11. The fraction of sp³-hybridized carbons (Fsp3) is 0.625. The number of fused-ring (bicyclic) bond motifs is 1. The minimum absolute atomic E-state index is 0.622. The van der Waals surface area contributed by atoms with Crippen LogP contribution in [0.5, 0.6) is 0 Å². The fourth-order valence-corrected chi connectivity index (χ4v) is 3.02. The Hall–Kier alpha value is -1.02. The van der Waals surface area contributed by atoms with Gasteiger partial charge < -0.3 is 10.0 Å². The highest BCUT2D eigenvalue weighted by Crippen LogP contribution is 2.38. The summed E-state index contributed by atoms with van der Waals surface area (Å²) in [4.78, 5) is 2.55. The summed E-state index contributed by atoms with van der Waals surface area (Å²) in [6.07, 6.45) is 4.72. The third-order valence-electron chi connectivity index (χ3n) is 3.97. The summed E-state index contributed by atoms with van der Waals surface area (Å²) >= 11 is 0. The molecule has 0 unspecified atom stereocenters. The van der Waals surface area contributed by atoms with Crippen molar-refractivity contribution in [3.63, 3.8) is 0 Å². The maximum atomic E-state index is 10.1. The van der Waals surface area contributed by atoms with Gasteiger partial charge in [-0.2, -0.15) is 0 Å². The van der Waals surface area contributed by atoms with Crippen molar-refractivity contribution >= 4 is 5.69 Å². The van der Waals surface area contributed by atoms with E-state index < -0.39 is 5.60 Å². The van der Waals surface area contributed by atoms with E-state index in [4.69, 9.17) is 0 Å². The molecule has 2 nitrogen and oxygen atoms in total. The van der Waals surface area contributed by atoms with E-state index in [2.05, 4.69) is 23.1 Å². The molecule has 1 aromatic carbocycles. The van der Waals surface area contributed by atoms with E-state index in [1.165, 1.54) is 42.6 Å². The minimum Gasteiger partial charge on any atom is -0.390 e. The number of rotatable bonds is 4. The van der Waals surface area contributed by atoms with Crippen LogP contribution in [0.3, 0.4) is 0 Å². The van der Waals surface area contributed by atoms with Crippen molar-refractivity contribution in [1.82, 2.24) is 0 Å². The largest absolute Gasteiger partial charge is 0.390 e. The van der Waals surface area contributed by atoms with Crippen LogP contribution in [0, 0.1) is 5.92 Å². The molecule has 18 heavy (non-hydrogen) atoms. The molecule has 0 amide bonds. The maximum Gasteiger partial charge on any atom is 0.0632 e. The van der Waals surface area contributed by atoms with Crippen LogP contribution in [0.2, 0.25) is 0 Å². The highest BCUT2D eigenvalue weighted by molar-refractivity contribution is 5.63. The van der Waals surface area contributed by atoms with Crippen LogP contribution in [0.25, 0.3) is 0 Å². The topological polar surface area (TPSA) is 23.5 Å². The summed E-state index contributed by atoms with van der Waals surface area (Å²) in [5.74, 6) is 0.922. The van der Waals surface area contributed by atoms with Gasteiger partial charge in [-0.25, -0.2) is 0 Å². The van der Waals surface area contributed by atoms with Gasteiger partial charge in [0.05, 0.1) is 5.60 Å². The van der Waals surface area contributed by atoms with Gasteiger partial charge in [-0.05, 0) is 50.2 Å². The average Bonchev–Trinajstić information content (AvgIpc) is 2.97. The van der Waals surface area contributed by atoms with E-state index in [0.29, 0.717) is 0 Å². The van der Waals surface area contributed by atoms with Crippen molar-refractivity contribution < 1.29 is 5.11 Å². The summed E-state index contributed by atoms with van der Waals surface area (Å²) in [5.41, 5.74) is 3.59. The van der Waals surface area contributed by atoms with Gasteiger partial charge in [-0.1, -0.05) is 18.2 Å². The molecule has 1 aliphatic carbocycles. The third kappa shape index (κ3) is 2.54. The summed E-state index contributed by atoms with van der Waals surface area (Å²) < 4.78 is 0. The van der Waals surface area contributed by atoms with Crippen LogP contribution < -0.4 is 4.90 Å². The molecule has 1 aliphatic heterocycles. The molecule has 0 aromatic heterocycles. The zero-order chi connectivity index (χ0) is 12.8. The lowest BCUT2D eigenvalue weighted by Gasteiger charge is -2.25. The molecule has 0 saturated heterocycles. The number of anilines is 1. The second-order valence-corrected chi connectivity index (χ2v) is 6.55. The van der Waals surface area contributed by atoms with Crippen molar-refractivity contribution in [2.45, 2.75) is 45.1 Å². The SMILES string of the molecule is CC(C)(O)Cc1cccc2c1N(CC1CC1)CC2. The summed E-state index contributed by atoms with van der Waals surface area (Å²) in [7, 11) is 0. The molecule has 0 bridgehead atoms. The molecule has 0 atom stereocenters. The predicted molar refractivity (Wildman–Crippen MR) is 75.1 cm³/mol. The quantitative estimate of drug-likeness (QED) is 0.881. The van der Waals surface area contributed by atoms with Crippen LogP contribution in [-0.4, -0.2) is 23.8 Å². The number of benzene rings is 1. The Morgan fingerprint density at radius 3 is 2.78 bits per heavy atom. The van der Waals surface area contributed by atoms with Gasteiger partial charge in [0, 0.05) is 25.2 Å². The molecule has 2 heteroatoms. The summed E-state index contributed by atoms with van der Waals surface area (Å²) in [6, 6.07) is 6.57. The zero-order valence-electron chi connectivity index (χ0n) is 11.4. The van der Waals surface area contributed by atoms with Gasteiger partial charge in [0.15, 0.2) is 0 Å². The van der Waals surface area contributed by atoms with Crippen LogP contribution in [0.1, 0.15) is 37.8 Å². The minimum atomic E-state index is -0.622. The number of aliphatic hydroxyl groups is 1. The molecule has 2 aliphatic rings. The second-order valence-electron chi connectivity index (χ2n) is 6.55. The van der Waals surface area contributed by atoms with Gasteiger partial charge in [-0.3, -0.25) is 0 Å². The molecule has 0 spiro atoms. The summed E-state index contributed by atoms with van der Waals surface area (Å²) in [6.45, 7) is 6.17. The lowest BCUT2D eigenvalue weighted by Crippen LogP contribution is -2.27. The second kappa shape index (κ2) is 4.27. The van der Waals surface area contributed by atoms with Crippen LogP contribution in [0.4, 0.5) is 5.69 Å². The number of nitrogens with zero attached hydrogens (tertiary/aromatic N) is 1. The lowest BCUT2D eigenvalue weighted by molar-refractivity contribution is 0.0811. The number of para-hydroxylation sites is 1. The highest BCUT2D eigenvalue weighted by Gasteiger charge is 2.30. The first-order chi connectivity index (χ1) is 8.53. The molecular formula is C16H23NO. The molecule has 3 rings (SSSR count). The Bertz CT molecular complexity index is 443. The highest BCUT2D eigenvalue weighted by atomic mass is 16.3. The van der Waals surface area contributed by atoms with Gasteiger partial charge >= 0.3 is 0 Å². The Morgan fingerprint density at radius 2 is 2.11 bits per heavy atom. The van der Waals surface area contributed by atoms with Crippen LogP contribution >= 0.6 is 0 Å². The van der Waals surface area contributed by atoms with Crippen molar-refractivity contribution in [3.8, 4) is 0 Å². The molecular weight excluding hydrogens is 222 g/mol. The normalized spacial score (nSPS) is 19.2. The molecule has 1 saturated carbocycles. The standard InChI is InChI=1S/C16H23NO/c1-16(2,18)10-14-5-3-4-13-8-9-17(15(13)14)11-12-6-7-12/h3-5,12,18H,6-11H2,1-2H3. The molecule has 98 valence electrons. The van der Waals surface area contributed by atoms with Gasteiger partial charge in [0.2, 0.25) is 0 Å². The zero-order valence-corrected chi connectivity index (χ0v) is 11.4. The first-order valence-electron chi connectivity index (χ1n) is 7.11. The summed E-state index contributed by atoms with van der Waals surface area (Å²) in [5, 5.41) is 10.1. The van der Waals surface area contributed by atoms with Crippen LogP contribution in [0.15, 0.2) is 18.2 Å². The van der Waals surface area contributed by atoms with E-state index in [1.807, 2.05) is 13.8 Å². The Morgan fingerprint density at radius 1 is 1.33 bits per heavy atom. The van der Waals surface area contributed by atoms with E-state index in [9.17, 15) is 5.11 Å². The Balaban J connectivity index is 1.88. The van der Waals surface area contributed by atoms with Gasteiger partial charge in [0.25, 0.3) is 0 Å². The van der Waals surface area contributed by atoms with Crippen molar-refractivity contribution in [1.29, 1.82) is 0 Å². The average molecular weight is 245 g/mol. The number of hydrogen-bond acceptors (Lipinski definition) is 2.